The Morgan fingerprint density at radius 1 is 1.47 bits per heavy atom. The Bertz CT molecular complexity index is 408. The normalized spacial score (nSPS) is 23.4. The molecule has 0 amide bonds. The third kappa shape index (κ3) is 3.16. The zero-order valence-corrected chi connectivity index (χ0v) is 12.5. The summed E-state index contributed by atoms with van der Waals surface area (Å²) in [5.41, 5.74) is 1.27. The van der Waals surface area contributed by atoms with Crippen LogP contribution in [0.1, 0.15) is 20.3 Å². The second-order valence-electron chi connectivity index (χ2n) is 5.13. The van der Waals surface area contributed by atoms with E-state index in [-0.39, 0.29) is 5.82 Å². The van der Waals surface area contributed by atoms with E-state index in [4.69, 9.17) is 0 Å². The predicted octanol–water partition coefficient (Wildman–Crippen LogP) is 4.53. The summed E-state index contributed by atoms with van der Waals surface area (Å²) in [7, 11) is 0. The van der Waals surface area contributed by atoms with E-state index < -0.39 is 0 Å². The van der Waals surface area contributed by atoms with Gasteiger partial charge < -0.3 is 5.32 Å². The van der Waals surface area contributed by atoms with Gasteiger partial charge in [-0.05, 0) is 51.7 Å². The van der Waals surface area contributed by atoms with Gasteiger partial charge in [0.1, 0.15) is 5.82 Å². The van der Waals surface area contributed by atoms with Gasteiger partial charge in [-0.15, -0.1) is 0 Å². The van der Waals surface area contributed by atoms with Crippen LogP contribution in [0.4, 0.5) is 10.1 Å². The van der Waals surface area contributed by atoms with E-state index >= 15 is 0 Å². The minimum Gasteiger partial charge on any atom is -0.380 e. The summed E-state index contributed by atoms with van der Waals surface area (Å²) in [5.74, 6) is 2.13. The topological polar surface area (TPSA) is 12.0 Å². The molecule has 0 spiro atoms. The van der Waals surface area contributed by atoms with E-state index in [0.717, 1.165) is 15.9 Å². The summed E-state index contributed by atoms with van der Waals surface area (Å²) < 4.78 is 13.8. The van der Waals surface area contributed by atoms with E-state index in [0.29, 0.717) is 11.5 Å². The third-order valence-corrected chi connectivity index (χ3v) is 5.10. The van der Waals surface area contributed by atoms with Gasteiger partial charge in [0.2, 0.25) is 0 Å². The molecular weight excluding hydrogens is 301 g/mol. The Kier molecular flexibility index (Phi) is 4.03. The Morgan fingerprint density at radius 2 is 2.24 bits per heavy atom. The van der Waals surface area contributed by atoms with E-state index in [9.17, 15) is 4.39 Å². The summed E-state index contributed by atoms with van der Waals surface area (Å²) in [5, 5.41) is 3.53. The molecular formula is C13H17BrFNS. The summed E-state index contributed by atoms with van der Waals surface area (Å²) >= 11 is 5.38. The van der Waals surface area contributed by atoms with Crippen LogP contribution in [0.25, 0.3) is 0 Å². The van der Waals surface area contributed by atoms with Crippen molar-refractivity contribution in [3.63, 3.8) is 0 Å². The zero-order chi connectivity index (χ0) is 12.5. The Labute approximate surface area is 115 Å². The quantitative estimate of drug-likeness (QED) is 0.860. The molecule has 1 saturated heterocycles. The maximum atomic E-state index is 13.0. The number of hydrogen-bond acceptors (Lipinski definition) is 2. The van der Waals surface area contributed by atoms with Crippen molar-refractivity contribution in [3.05, 3.63) is 28.5 Å². The van der Waals surface area contributed by atoms with E-state index in [1.165, 1.54) is 24.3 Å². The molecule has 4 heteroatoms. The van der Waals surface area contributed by atoms with Crippen LogP contribution in [-0.2, 0) is 0 Å². The molecule has 1 aliphatic heterocycles. The van der Waals surface area contributed by atoms with Crippen molar-refractivity contribution in [1.29, 1.82) is 0 Å². The summed E-state index contributed by atoms with van der Waals surface area (Å²) in [6.07, 6.45) is 1.22. The van der Waals surface area contributed by atoms with Crippen LogP contribution in [0.5, 0.6) is 0 Å². The number of benzene rings is 1. The molecule has 1 fully saturated rings. The van der Waals surface area contributed by atoms with Crippen molar-refractivity contribution >= 4 is 33.4 Å². The van der Waals surface area contributed by atoms with Gasteiger partial charge in [-0.1, -0.05) is 13.8 Å². The molecule has 0 saturated carbocycles. The Hall–Kier alpha value is -0.220. The first-order chi connectivity index (χ1) is 7.99. The van der Waals surface area contributed by atoms with Crippen molar-refractivity contribution in [2.75, 3.05) is 16.8 Å². The lowest BCUT2D eigenvalue weighted by Gasteiger charge is -2.39. The fourth-order valence-corrected chi connectivity index (χ4v) is 4.04. The highest BCUT2D eigenvalue weighted by Crippen LogP contribution is 2.37. The molecule has 0 radical (unpaired) electrons. The van der Waals surface area contributed by atoms with Crippen molar-refractivity contribution in [2.45, 2.75) is 26.3 Å². The largest absolute Gasteiger partial charge is 0.380 e. The van der Waals surface area contributed by atoms with Crippen molar-refractivity contribution < 1.29 is 4.39 Å². The monoisotopic (exact) mass is 317 g/mol. The van der Waals surface area contributed by atoms with Crippen molar-refractivity contribution in [2.24, 2.45) is 5.41 Å². The molecule has 1 unspecified atom stereocenters. The van der Waals surface area contributed by atoms with Gasteiger partial charge in [0.15, 0.2) is 0 Å². The summed E-state index contributed by atoms with van der Waals surface area (Å²) in [6.45, 7) is 4.59. The highest BCUT2D eigenvalue weighted by molar-refractivity contribution is 9.10. The first-order valence-electron chi connectivity index (χ1n) is 5.78. The Balaban J connectivity index is 2.14. The molecule has 1 N–H and O–H groups in total. The number of anilines is 1. The minimum absolute atomic E-state index is 0.209. The second kappa shape index (κ2) is 5.19. The molecule has 1 atom stereocenters. The average molecular weight is 318 g/mol. The Morgan fingerprint density at radius 3 is 2.88 bits per heavy atom. The lowest BCUT2D eigenvalue weighted by atomic mass is 9.82. The lowest BCUT2D eigenvalue weighted by molar-refractivity contribution is 0.305. The fourth-order valence-electron chi connectivity index (χ4n) is 1.97. The highest BCUT2D eigenvalue weighted by Gasteiger charge is 2.32. The van der Waals surface area contributed by atoms with E-state index in [1.807, 2.05) is 11.8 Å². The molecule has 1 aliphatic rings. The van der Waals surface area contributed by atoms with Crippen LogP contribution in [0.3, 0.4) is 0 Å². The number of thioether (sulfide) groups is 1. The smallest absolute Gasteiger partial charge is 0.124 e. The molecule has 94 valence electrons. The molecule has 0 aromatic heterocycles. The van der Waals surface area contributed by atoms with E-state index in [1.54, 1.807) is 6.07 Å². The SMILES string of the molecule is CC1(C)CCSCC1Nc1ccc(F)cc1Br. The molecule has 1 heterocycles. The lowest BCUT2D eigenvalue weighted by Crippen LogP contribution is -2.41. The van der Waals surface area contributed by atoms with Crippen molar-refractivity contribution in [1.82, 2.24) is 0 Å². The van der Waals surface area contributed by atoms with Crippen LogP contribution in [0.2, 0.25) is 0 Å². The molecule has 17 heavy (non-hydrogen) atoms. The average Bonchev–Trinajstić information content (AvgIpc) is 2.24. The van der Waals surface area contributed by atoms with Crippen LogP contribution < -0.4 is 5.32 Å². The standard InChI is InChI=1S/C13H17BrFNS/c1-13(2)5-6-17-8-12(13)16-11-4-3-9(15)7-10(11)14/h3-4,7,12,16H,5-6,8H2,1-2H3. The molecule has 0 bridgehead atoms. The van der Waals surface area contributed by atoms with Gasteiger partial charge in [0.25, 0.3) is 0 Å². The van der Waals surface area contributed by atoms with Gasteiger partial charge in [-0.2, -0.15) is 11.8 Å². The molecule has 2 rings (SSSR count). The summed E-state index contributed by atoms with van der Waals surface area (Å²) in [4.78, 5) is 0. The number of halogens is 2. The second-order valence-corrected chi connectivity index (χ2v) is 7.14. The minimum atomic E-state index is -0.209. The van der Waals surface area contributed by atoms with Crippen LogP contribution in [0.15, 0.2) is 22.7 Å². The van der Waals surface area contributed by atoms with Crippen LogP contribution in [0, 0.1) is 11.2 Å². The van der Waals surface area contributed by atoms with Crippen LogP contribution in [-0.4, -0.2) is 17.5 Å². The maximum Gasteiger partial charge on any atom is 0.124 e. The fraction of sp³-hybridized carbons (Fsp3) is 0.538. The number of nitrogens with one attached hydrogen (secondary N) is 1. The summed E-state index contributed by atoms with van der Waals surface area (Å²) in [6, 6.07) is 5.24. The molecule has 1 aromatic rings. The zero-order valence-electron chi connectivity index (χ0n) is 10.1. The van der Waals surface area contributed by atoms with Crippen LogP contribution >= 0.6 is 27.7 Å². The molecule has 0 aliphatic carbocycles. The highest BCUT2D eigenvalue weighted by atomic mass is 79.9. The van der Waals surface area contributed by atoms with Gasteiger partial charge >= 0.3 is 0 Å². The first-order valence-corrected chi connectivity index (χ1v) is 7.73. The third-order valence-electron chi connectivity index (χ3n) is 3.38. The van der Waals surface area contributed by atoms with E-state index in [2.05, 4.69) is 35.1 Å². The molecule has 1 nitrogen and oxygen atoms in total. The first kappa shape index (κ1) is 13.2. The van der Waals surface area contributed by atoms with Gasteiger partial charge in [-0.3, -0.25) is 0 Å². The number of hydrogen-bond donors (Lipinski definition) is 1. The maximum absolute atomic E-state index is 13.0. The predicted molar refractivity (Wildman–Crippen MR) is 77.2 cm³/mol. The van der Waals surface area contributed by atoms with Gasteiger partial charge in [-0.25, -0.2) is 4.39 Å². The van der Waals surface area contributed by atoms with Gasteiger partial charge in [0, 0.05) is 22.0 Å². The van der Waals surface area contributed by atoms with Crippen molar-refractivity contribution in [3.8, 4) is 0 Å². The van der Waals surface area contributed by atoms with Gasteiger partial charge in [0.05, 0.1) is 0 Å². The molecule has 1 aromatic carbocycles. The number of rotatable bonds is 2.